The number of furan rings is 1. The predicted molar refractivity (Wildman–Crippen MR) is 89.4 cm³/mol. The van der Waals surface area contributed by atoms with Gasteiger partial charge in [0.2, 0.25) is 5.91 Å². The van der Waals surface area contributed by atoms with Crippen molar-refractivity contribution in [2.45, 2.75) is 19.5 Å². The van der Waals surface area contributed by atoms with Crippen LogP contribution in [0.4, 0.5) is 24.5 Å². The molecular weight excluding hydrogens is 383 g/mol. The molecule has 8 nitrogen and oxygen atoms in total. The molecule has 11 heteroatoms. The Bertz CT molecular complexity index is 1030. The summed E-state index contributed by atoms with van der Waals surface area (Å²) in [5.41, 5.74) is -2.49. The summed E-state index contributed by atoms with van der Waals surface area (Å²) >= 11 is 0. The van der Waals surface area contributed by atoms with E-state index in [1.807, 2.05) is 0 Å². The highest BCUT2D eigenvalue weighted by Gasteiger charge is 2.38. The first kappa shape index (κ1) is 19.1. The van der Waals surface area contributed by atoms with Crippen molar-refractivity contribution in [2.75, 3.05) is 5.32 Å². The molecule has 0 fully saturated rings. The molecule has 3 aromatic rings. The normalized spacial score (nSPS) is 11.4. The summed E-state index contributed by atoms with van der Waals surface area (Å²) in [6.45, 7) is 1.58. The van der Waals surface area contributed by atoms with Gasteiger partial charge in [-0.15, -0.1) is 0 Å². The maximum Gasteiger partial charge on any atom is 0.423 e. The Hall–Kier alpha value is -3.63. The molecule has 0 aliphatic heterocycles. The van der Waals surface area contributed by atoms with Crippen LogP contribution >= 0.6 is 0 Å². The van der Waals surface area contributed by atoms with Crippen LogP contribution in [0.25, 0.3) is 11.7 Å². The fourth-order valence-electron chi connectivity index (χ4n) is 2.46. The van der Waals surface area contributed by atoms with Crippen molar-refractivity contribution in [3.63, 3.8) is 0 Å². The van der Waals surface area contributed by atoms with Crippen LogP contribution in [0, 0.1) is 17.0 Å². The number of oxazole rings is 1. The molecule has 0 saturated heterocycles. The number of hydrogen-bond acceptors (Lipinski definition) is 6. The van der Waals surface area contributed by atoms with Gasteiger partial charge in [0.1, 0.15) is 11.3 Å². The van der Waals surface area contributed by atoms with Gasteiger partial charge < -0.3 is 14.2 Å². The third-order valence-corrected chi connectivity index (χ3v) is 3.74. The molecule has 0 unspecified atom stereocenters. The van der Waals surface area contributed by atoms with Crippen LogP contribution in [0.5, 0.6) is 0 Å². The monoisotopic (exact) mass is 395 g/mol. The van der Waals surface area contributed by atoms with Gasteiger partial charge in [0.25, 0.3) is 11.6 Å². The second-order valence-corrected chi connectivity index (χ2v) is 5.71. The zero-order valence-electron chi connectivity index (χ0n) is 14.2. The molecule has 0 bridgehead atoms. The number of hydrogen-bond donors (Lipinski definition) is 1. The number of amides is 1. The van der Waals surface area contributed by atoms with Crippen molar-refractivity contribution >= 4 is 17.3 Å². The maximum atomic E-state index is 13.0. The lowest BCUT2D eigenvalue weighted by Gasteiger charge is -2.10. The van der Waals surface area contributed by atoms with Crippen LogP contribution in [0.1, 0.15) is 17.0 Å². The minimum absolute atomic E-state index is 0.167. The Kier molecular flexibility index (Phi) is 4.91. The number of aromatic nitrogens is 1. The second kappa shape index (κ2) is 7.18. The molecule has 2 heterocycles. The fourth-order valence-corrected chi connectivity index (χ4v) is 2.46. The molecule has 146 valence electrons. The standard InChI is InChI=1S/C17H12F3N3O5/c1-9-12(22-16(28-9)14-3-2-6-27-14)8-15(24)21-10-4-5-13(23(25)26)11(7-10)17(18,19)20/h2-7H,8H2,1H3,(H,21,24). The van der Waals surface area contributed by atoms with Crippen molar-refractivity contribution < 1.29 is 31.7 Å². The number of aryl methyl sites for hydroxylation is 1. The van der Waals surface area contributed by atoms with Gasteiger partial charge in [0.15, 0.2) is 5.76 Å². The minimum atomic E-state index is -4.94. The summed E-state index contributed by atoms with van der Waals surface area (Å²) < 4.78 is 49.6. The van der Waals surface area contributed by atoms with Gasteiger partial charge in [0.05, 0.1) is 23.3 Å². The molecule has 3 rings (SSSR count). The first-order chi connectivity index (χ1) is 13.1. The van der Waals surface area contributed by atoms with Crippen LogP contribution < -0.4 is 5.32 Å². The van der Waals surface area contributed by atoms with Crippen molar-refractivity contribution in [2.24, 2.45) is 0 Å². The largest absolute Gasteiger partial charge is 0.459 e. The molecule has 0 radical (unpaired) electrons. The van der Waals surface area contributed by atoms with Crippen LogP contribution in [0.15, 0.2) is 45.4 Å². The first-order valence-corrected chi connectivity index (χ1v) is 7.81. The Morgan fingerprint density at radius 1 is 1.32 bits per heavy atom. The number of nitrogens with one attached hydrogen (secondary N) is 1. The van der Waals surface area contributed by atoms with E-state index < -0.39 is 28.3 Å². The minimum Gasteiger partial charge on any atom is -0.459 e. The topological polar surface area (TPSA) is 111 Å². The highest BCUT2D eigenvalue weighted by molar-refractivity contribution is 5.92. The third-order valence-electron chi connectivity index (χ3n) is 3.74. The molecule has 0 atom stereocenters. The average Bonchev–Trinajstić information content (AvgIpc) is 3.24. The van der Waals surface area contributed by atoms with E-state index in [0.717, 1.165) is 6.07 Å². The van der Waals surface area contributed by atoms with E-state index in [4.69, 9.17) is 8.83 Å². The molecule has 2 aromatic heterocycles. The average molecular weight is 395 g/mol. The molecule has 0 aliphatic carbocycles. The van der Waals surface area contributed by atoms with Crippen LogP contribution in [-0.4, -0.2) is 15.8 Å². The first-order valence-electron chi connectivity index (χ1n) is 7.81. The predicted octanol–water partition coefficient (Wildman–Crippen LogP) is 4.35. The van der Waals surface area contributed by atoms with Gasteiger partial charge >= 0.3 is 6.18 Å². The van der Waals surface area contributed by atoms with Gasteiger partial charge in [0, 0.05) is 11.8 Å². The quantitative estimate of drug-likeness (QED) is 0.508. The van der Waals surface area contributed by atoms with E-state index in [-0.39, 0.29) is 23.7 Å². The van der Waals surface area contributed by atoms with Crippen molar-refractivity contribution in [1.29, 1.82) is 0 Å². The number of benzene rings is 1. The maximum absolute atomic E-state index is 13.0. The third kappa shape index (κ3) is 4.03. The van der Waals surface area contributed by atoms with Crippen LogP contribution in [0.2, 0.25) is 0 Å². The summed E-state index contributed by atoms with van der Waals surface area (Å²) in [4.78, 5) is 26.0. The van der Waals surface area contributed by atoms with E-state index >= 15 is 0 Å². The Labute approximate surface area is 155 Å². The lowest BCUT2D eigenvalue weighted by molar-refractivity contribution is -0.388. The lowest BCUT2D eigenvalue weighted by atomic mass is 10.1. The lowest BCUT2D eigenvalue weighted by Crippen LogP contribution is -2.16. The summed E-state index contributed by atoms with van der Waals surface area (Å²) in [5, 5.41) is 13.0. The molecule has 1 amide bonds. The molecule has 1 aromatic carbocycles. The molecular formula is C17H12F3N3O5. The molecule has 0 saturated carbocycles. The van der Waals surface area contributed by atoms with E-state index in [9.17, 15) is 28.1 Å². The Balaban J connectivity index is 1.78. The van der Waals surface area contributed by atoms with E-state index in [1.54, 1.807) is 19.1 Å². The van der Waals surface area contributed by atoms with Gasteiger partial charge in [-0.2, -0.15) is 13.2 Å². The van der Waals surface area contributed by atoms with Crippen LogP contribution in [-0.2, 0) is 17.4 Å². The summed E-state index contributed by atoms with van der Waals surface area (Å²) in [6, 6.07) is 5.47. The fraction of sp³-hybridized carbons (Fsp3) is 0.176. The number of alkyl halides is 3. The zero-order valence-corrected chi connectivity index (χ0v) is 14.2. The van der Waals surface area contributed by atoms with Gasteiger partial charge in [-0.05, 0) is 31.2 Å². The van der Waals surface area contributed by atoms with Gasteiger partial charge in [-0.1, -0.05) is 0 Å². The van der Waals surface area contributed by atoms with Gasteiger partial charge in [-0.3, -0.25) is 14.9 Å². The summed E-state index contributed by atoms with van der Waals surface area (Å²) in [5.74, 6) is 0.213. The van der Waals surface area contributed by atoms with Crippen molar-refractivity contribution in [1.82, 2.24) is 4.98 Å². The van der Waals surface area contributed by atoms with Crippen molar-refractivity contribution in [3.8, 4) is 11.7 Å². The number of nitro groups is 1. The molecule has 0 aliphatic rings. The van der Waals surface area contributed by atoms with E-state index in [2.05, 4.69) is 10.3 Å². The number of nitrogens with zero attached hydrogens (tertiary/aromatic N) is 2. The summed E-state index contributed by atoms with van der Waals surface area (Å²) in [7, 11) is 0. The van der Waals surface area contributed by atoms with Crippen LogP contribution in [0.3, 0.4) is 0 Å². The van der Waals surface area contributed by atoms with E-state index in [0.29, 0.717) is 23.7 Å². The highest BCUT2D eigenvalue weighted by Crippen LogP contribution is 2.37. The van der Waals surface area contributed by atoms with E-state index in [1.165, 1.54) is 6.26 Å². The molecule has 0 spiro atoms. The SMILES string of the molecule is Cc1oc(-c2ccco2)nc1CC(=O)Nc1ccc([N+](=O)[O-])c(C(F)(F)F)c1. The molecule has 1 N–H and O–H groups in total. The highest BCUT2D eigenvalue weighted by atomic mass is 19.4. The number of halogens is 3. The second-order valence-electron chi connectivity index (χ2n) is 5.71. The molecule has 28 heavy (non-hydrogen) atoms. The van der Waals surface area contributed by atoms with Gasteiger partial charge in [-0.25, -0.2) is 4.98 Å². The number of carbonyl (C=O) groups excluding carboxylic acids is 1. The number of nitro benzene ring substituents is 1. The zero-order chi connectivity index (χ0) is 20.5. The number of anilines is 1. The van der Waals surface area contributed by atoms with Crippen molar-refractivity contribution in [3.05, 3.63) is 63.7 Å². The Morgan fingerprint density at radius 3 is 2.68 bits per heavy atom. The number of rotatable bonds is 5. The smallest absolute Gasteiger partial charge is 0.423 e. The summed E-state index contributed by atoms with van der Waals surface area (Å²) in [6.07, 6.45) is -3.79. The number of carbonyl (C=O) groups is 1. The Morgan fingerprint density at radius 2 is 2.07 bits per heavy atom.